The molecule has 12 nitrogen and oxygen atoms in total. The highest BCUT2D eigenvalue weighted by molar-refractivity contribution is 7.82. The lowest BCUT2D eigenvalue weighted by molar-refractivity contribution is -0.142. The second-order valence-corrected chi connectivity index (χ2v) is 18.0. The number of benzene rings is 6. The summed E-state index contributed by atoms with van der Waals surface area (Å²) >= 11 is 12.2. The lowest BCUT2D eigenvalue weighted by Gasteiger charge is -2.36. The van der Waals surface area contributed by atoms with Gasteiger partial charge < -0.3 is 30.0 Å². The zero-order valence-corrected chi connectivity index (χ0v) is 37.5. The largest absolute Gasteiger partial charge is 0.489 e. The summed E-state index contributed by atoms with van der Waals surface area (Å²) in [6, 6.07) is 35.8. The van der Waals surface area contributed by atoms with Crippen molar-refractivity contribution in [2.75, 3.05) is 11.9 Å². The van der Waals surface area contributed by atoms with Crippen LogP contribution in [0.15, 0.2) is 126 Å². The third kappa shape index (κ3) is 10.5. The van der Waals surface area contributed by atoms with E-state index >= 15 is 0 Å². The van der Waals surface area contributed by atoms with E-state index in [4.69, 9.17) is 42.7 Å². The van der Waals surface area contributed by atoms with Gasteiger partial charge in [0.15, 0.2) is 17.6 Å². The molecule has 2 amide bonds. The monoisotopic (exact) mass is 928 g/mol. The van der Waals surface area contributed by atoms with Crippen molar-refractivity contribution in [1.82, 2.24) is 9.62 Å². The number of ether oxygens (including phenoxy) is 3. The van der Waals surface area contributed by atoms with Gasteiger partial charge in [-0.15, -0.1) is 0 Å². The smallest absolute Gasteiger partial charge is 0.326 e. The molecule has 3 N–H and O–H groups in total. The van der Waals surface area contributed by atoms with Crippen molar-refractivity contribution in [3.8, 4) is 34.4 Å². The van der Waals surface area contributed by atoms with Gasteiger partial charge in [0.2, 0.25) is 11.8 Å². The second kappa shape index (κ2) is 19.6. The van der Waals surface area contributed by atoms with Crippen molar-refractivity contribution in [2.45, 2.75) is 62.9 Å². The summed E-state index contributed by atoms with van der Waals surface area (Å²) in [7, 11) is -1.91. The van der Waals surface area contributed by atoms with Crippen molar-refractivity contribution in [2.24, 2.45) is 0 Å². The minimum atomic E-state index is -1.91. The number of carbonyl (C=O) groups excluding carboxylic acids is 2. The number of aliphatic carboxylic acids is 1. The number of nitrogens with one attached hydrogen (secondary N) is 2. The van der Waals surface area contributed by atoms with E-state index in [0.29, 0.717) is 61.2 Å². The number of nitriles is 1. The Morgan fingerprint density at radius 2 is 1.57 bits per heavy atom. The molecule has 15 heteroatoms. The van der Waals surface area contributed by atoms with Gasteiger partial charge in [-0.05, 0) is 125 Å². The number of carboxylic acids is 1. The minimum Gasteiger partial charge on any atom is -0.489 e. The lowest BCUT2D eigenvalue weighted by atomic mass is 9.93. The Morgan fingerprint density at radius 3 is 2.23 bits per heavy atom. The van der Waals surface area contributed by atoms with E-state index < -0.39 is 41.0 Å². The number of carboxylic acid groups (broad SMARTS) is 1. The molecule has 0 bridgehead atoms. The van der Waals surface area contributed by atoms with Crippen LogP contribution in [0.5, 0.6) is 17.2 Å². The molecule has 4 unspecified atom stereocenters. The Balaban J connectivity index is 1.01. The highest BCUT2D eigenvalue weighted by atomic mass is 35.5. The van der Waals surface area contributed by atoms with Crippen LogP contribution in [-0.4, -0.2) is 50.1 Å². The number of rotatable bonds is 13. The van der Waals surface area contributed by atoms with Gasteiger partial charge in [0.25, 0.3) is 0 Å². The van der Waals surface area contributed by atoms with Gasteiger partial charge in [0.05, 0.1) is 26.6 Å². The zero-order valence-electron chi connectivity index (χ0n) is 35.2. The van der Waals surface area contributed by atoms with Crippen LogP contribution in [0.2, 0.25) is 10.0 Å². The van der Waals surface area contributed by atoms with Crippen LogP contribution < -0.4 is 24.8 Å². The molecule has 4 atom stereocenters. The third-order valence-electron chi connectivity index (χ3n) is 11.2. The van der Waals surface area contributed by atoms with Crippen LogP contribution in [0.3, 0.4) is 0 Å². The molecule has 2 aliphatic heterocycles. The molecular formula is C50H42Cl2N4O8S. The van der Waals surface area contributed by atoms with Crippen molar-refractivity contribution in [1.29, 1.82) is 5.26 Å². The van der Waals surface area contributed by atoms with Gasteiger partial charge in [-0.3, -0.25) is 9.59 Å². The first-order valence-electron chi connectivity index (χ1n) is 20.6. The third-order valence-corrected chi connectivity index (χ3v) is 13.6. The van der Waals surface area contributed by atoms with Crippen molar-refractivity contribution < 1.29 is 37.9 Å². The van der Waals surface area contributed by atoms with E-state index in [-0.39, 0.29) is 31.9 Å². The Hall–Kier alpha value is -6.69. The summed E-state index contributed by atoms with van der Waals surface area (Å²) in [6.45, 7) is 3.76. The Labute approximate surface area is 388 Å². The Morgan fingerprint density at radius 1 is 0.877 bits per heavy atom. The molecule has 0 spiro atoms. The summed E-state index contributed by atoms with van der Waals surface area (Å²) in [6.07, 6.45) is -0.341. The first kappa shape index (κ1) is 44.9. The minimum absolute atomic E-state index is 0.000820. The van der Waals surface area contributed by atoms with Crippen LogP contribution in [0.4, 0.5) is 5.69 Å². The van der Waals surface area contributed by atoms with Crippen LogP contribution in [0, 0.1) is 18.3 Å². The van der Waals surface area contributed by atoms with Gasteiger partial charge in [-0.25, -0.2) is 13.3 Å². The molecule has 0 radical (unpaired) electrons. The quantitative estimate of drug-likeness (QED) is 0.102. The zero-order chi connectivity index (χ0) is 45.8. The fourth-order valence-corrected chi connectivity index (χ4v) is 9.54. The fourth-order valence-electron chi connectivity index (χ4n) is 7.79. The highest BCUT2D eigenvalue weighted by Crippen LogP contribution is 2.42. The van der Waals surface area contributed by atoms with E-state index in [1.807, 2.05) is 78.9 Å². The molecule has 6 aromatic carbocycles. The molecule has 330 valence electrons. The number of halogens is 2. The number of fused-ring (bicyclic) bond motifs is 2. The molecule has 0 saturated carbocycles. The maximum Gasteiger partial charge on any atom is 0.326 e. The summed E-state index contributed by atoms with van der Waals surface area (Å²) in [5, 5.41) is 25.9. The maximum atomic E-state index is 14.6. The van der Waals surface area contributed by atoms with Gasteiger partial charge in [-0.1, -0.05) is 77.8 Å². The van der Waals surface area contributed by atoms with Gasteiger partial charge in [-0.2, -0.15) is 5.26 Å². The molecule has 0 saturated heterocycles. The van der Waals surface area contributed by atoms with E-state index in [2.05, 4.69) is 16.7 Å². The molecule has 2 heterocycles. The molecule has 0 aromatic heterocycles. The summed E-state index contributed by atoms with van der Waals surface area (Å²) in [5.41, 5.74) is 7.45. The van der Waals surface area contributed by atoms with Gasteiger partial charge >= 0.3 is 5.97 Å². The summed E-state index contributed by atoms with van der Waals surface area (Å²) in [5.74, 6) is -0.438. The molecule has 8 rings (SSSR count). The number of carbonyl (C=O) groups is 3. The van der Waals surface area contributed by atoms with Crippen molar-refractivity contribution in [3.05, 3.63) is 170 Å². The molecular weight excluding hydrogens is 888 g/mol. The first-order chi connectivity index (χ1) is 31.3. The van der Waals surface area contributed by atoms with Gasteiger partial charge in [0.1, 0.15) is 42.0 Å². The number of nitrogens with zero attached hydrogens (tertiary/aromatic N) is 2. The summed E-state index contributed by atoms with van der Waals surface area (Å²) in [4.78, 5) is 39.2. The van der Waals surface area contributed by atoms with Crippen LogP contribution in [-0.2, 0) is 51.4 Å². The Bertz CT molecular complexity index is 2850. The highest BCUT2D eigenvalue weighted by Gasteiger charge is 2.39. The topological polar surface area (TPSA) is 167 Å². The predicted molar refractivity (Wildman–Crippen MR) is 247 cm³/mol. The first-order valence-corrected chi connectivity index (χ1v) is 22.5. The standard InChI is InChI=1S/C50H42Cl2N4O8S/c1-29-19-39(54-30(2)57)14-18-48(29)65(61)56-26-38-24-46-45(63-28-47(64-46)36-12-15-40(16-13-36)62-27-33-7-17-41(51)42(52)20-33)23-37(38)22-44(56)49(58)55-43(50(59)60)21-31-3-8-34(9-4-31)35-10-5-32(25-53)6-11-35/h3-20,23-24,43-44,47H,21-22,26-28H2,1-2H3,(H,54,57)(H,55,58)(H,59,60). The predicted octanol–water partition coefficient (Wildman–Crippen LogP) is 9.15. The molecule has 0 aliphatic carbocycles. The van der Waals surface area contributed by atoms with Crippen LogP contribution >= 0.6 is 23.2 Å². The summed E-state index contributed by atoms with van der Waals surface area (Å²) < 4.78 is 34.9. The average Bonchev–Trinajstić information content (AvgIpc) is 3.30. The van der Waals surface area contributed by atoms with Crippen LogP contribution in [0.1, 0.15) is 52.0 Å². The number of anilines is 1. The normalized spacial score (nSPS) is 16.3. The van der Waals surface area contributed by atoms with E-state index in [9.17, 15) is 23.7 Å². The average molecular weight is 930 g/mol. The Kier molecular flexibility index (Phi) is 13.5. The molecule has 65 heavy (non-hydrogen) atoms. The van der Waals surface area contributed by atoms with Crippen molar-refractivity contribution >= 4 is 57.7 Å². The number of amides is 2. The number of hydrogen-bond donors (Lipinski definition) is 3. The van der Waals surface area contributed by atoms with E-state index in [0.717, 1.165) is 33.4 Å². The van der Waals surface area contributed by atoms with E-state index in [1.54, 1.807) is 53.7 Å². The SMILES string of the molecule is CC(=O)Nc1ccc(S(=O)N2Cc3cc4c(cc3CC2C(=O)NC(Cc2ccc(-c3ccc(C#N)cc3)cc2)C(=O)O)OCC(c2ccc(OCc3ccc(Cl)c(Cl)c3)cc2)O4)c(C)c1. The molecule has 2 aliphatic rings. The lowest BCUT2D eigenvalue weighted by Crippen LogP contribution is -2.54. The number of aryl methyl sites for hydroxylation is 1. The van der Waals surface area contributed by atoms with Crippen molar-refractivity contribution in [3.63, 3.8) is 0 Å². The van der Waals surface area contributed by atoms with Gasteiger partial charge in [0, 0.05) is 25.6 Å². The number of hydrogen-bond acceptors (Lipinski definition) is 8. The van der Waals surface area contributed by atoms with E-state index in [1.165, 1.54) is 6.92 Å². The fraction of sp³-hybridized carbons (Fsp3) is 0.200. The second-order valence-electron chi connectivity index (χ2n) is 15.8. The van der Waals surface area contributed by atoms with Crippen LogP contribution in [0.25, 0.3) is 11.1 Å². The molecule has 6 aromatic rings. The maximum absolute atomic E-state index is 14.6. The molecule has 0 fully saturated rings.